The Labute approximate surface area is 211 Å². The summed E-state index contributed by atoms with van der Waals surface area (Å²) in [5, 5.41) is 0. The third-order valence-corrected chi connectivity index (χ3v) is 7.01. The fourth-order valence-electron chi connectivity index (χ4n) is 5.01. The second kappa shape index (κ2) is 12.4. The zero-order valence-corrected chi connectivity index (χ0v) is 21.0. The Morgan fingerprint density at radius 1 is 0.833 bits per heavy atom. The zero-order valence-electron chi connectivity index (χ0n) is 21.0. The van der Waals surface area contributed by atoms with Gasteiger partial charge in [0, 0.05) is 38.0 Å². The molecule has 2 N–H and O–H groups in total. The van der Waals surface area contributed by atoms with Gasteiger partial charge in [-0.1, -0.05) is 60.7 Å². The highest BCUT2D eigenvalue weighted by atomic mass is 19.1. The molecule has 36 heavy (non-hydrogen) atoms. The molecule has 2 aliphatic rings. The molecule has 8 heteroatoms. The molecular weight excluding hydrogens is 466 g/mol. The van der Waals surface area contributed by atoms with Crippen molar-refractivity contribution in [1.29, 1.82) is 0 Å². The van der Waals surface area contributed by atoms with Crippen LogP contribution < -0.4 is 5.73 Å². The van der Waals surface area contributed by atoms with E-state index in [-0.39, 0.29) is 37.8 Å². The van der Waals surface area contributed by atoms with Crippen LogP contribution in [0.1, 0.15) is 49.7 Å². The summed E-state index contributed by atoms with van der Waals surface area (Å²) in [7, 11) is 2.44. The lowest BCUT2D eigenvalue weighted by atomic mass is 10.0. The number of methoxy groups -OCH3 is 2. The third kappa shape index (κ3) is 7.11. The van der Waals surface area contributed by atoms with Crippen LogP contribution in [-0.4, -0.2) is 54.5 Å². The normalized spacial score (nSPS) is 27.3. The first-order valence-electron chi connectivity index (χ1n) is 12.3. The monoisotopic (exact) mass is 502 g/mol. The minimum atomic E-state index is -1.86. The maximum Gasteiger partial charge on any atom is 0.343 e. The maximum absolute atomic E-state index is 14.9. The topological polar surface area (TPSA) is 81.9 Å². The van der Waals surface area contributed by atoms with E-state index in [0.717, 1.165) is 13.1 Å². The van der Waals surface area contributed by atoms with Crippen LogP contribution in [0.4, 0.5) is 8.78 Å². The molecule has 2 saturated carbocycles. The van der Waals surface area contributed by atoms with E-state index in [0.29, 0.717) is 12.8 Å². The molecule has 0 amide bonds. The van der Waals surface area contributed by atoms with Crippen LogP contribution in [0.5, 0.6) is 0 Å². The lowest BCUT2D eigenvalue weighted by Crippen LogP contribution is -2.37. The molecule has 0 bridgehead atoms. The molecule has 0 saturated heterocycles. The number of alkyl halides is 2. The van der Waals surface area contributed by atoms with E-state index in [9.17, 15) is 18.4 Å². The Kier molecular flexibility index (Phi) is 9.56. The molecule has 196 valence electrons. The molecule has 2 fully saturated rings. The summed E-state index contributed by atoms with van der Waals surface area (Å²) in [5.74, 6) is -1.53. The van der Waals surface area contributed by atoms with Crippen molar-refractivity contribution in [3.05, 3.63) is 71.8 Å². The number of rotatable bonds is 7. The molecule has 2 aromatic rings. The van der Waals surface area contributed by atoms with Crippen molar-refractivity contribution >= 4 is 11.9 Å². The second-order valence-corrected chi connectivity index (χ2v) is 9.69. The van der Waals surface area contributed by atoms with Crippen LogP contribution in [0.2, 0.25) is 0 Å². The molecule has 2 aromatic carbocycles. The highest BCUT2D eigenvalue weighted by Gasteiger charge is 2.48. The summed E-state index contributed by atoms with van der Waals surface area (Å²) in [6, 6.07) is 20.2. The van der Waals surface area contributed by atoms with E-state index in [2.05, 4.69) is 38.6 Å². The Morgan fingerprint density at radius 3 is 1.69 bits per heavy atom. The molecular formula is C28H36F2N2O4. The molecule has 0 spiro atoms. The number of carbonyl (C=O) groups is 2. The standard InChI is InChI=1S/C21H24FNO2.C7H12FNO2/c1-25-20(24)21(22)13-12-19(14-21)23(15-17-8-4-2-5-9-17)16-18-10-6-3-7-11-18;1-11-6(10)7(8)3-2-5(9)4-7/h2-11,19H,12-16H2,1H3;5H,2-4,9H2,1H3/t19-,21?;5-,7?/m00/s1. The Hall–Kier alpha value is -2.84. The Morgan fingerprint density at radius 2 is 1.28 bits per heavy atom. The zero-order chi connectivity index (χ0) is 26.2. The Balaban J connectivity index is 0.000000275. The van der Waals surface area contributed by atoms with Gasteiger partial charge in [-0.25, -0.2) is 18.4 Å². The first-order valence-corrected chi connectivity index (χ1v) is 12.3. The average Bonchev–Trinajstić information content (AvgIpc) is 3.47. The van der Waals surface area contributed by atoms with E-state index in [1.165, 1.54) is 25.3 Å². The first-order chi connectivity index (χ1) is 17.2. The highest BCUT2D eigenvalue weighted by Crippen LogP contribution is 2.38. The number of hydrogen-bond donors (Lipinski definition) is 1. The summed E-state index contributed by atoms with van der Waals surface area (Å²) in [6.45, 7) is 1.47. The van der Waals surface area contributed by atoms with Gasteiger partial charge < -0.3 is 15.2 Å². The van der Waals surface area contributed by atoms with Crippen molar-refractivity contribution in [2.45, 2.75) is 75.0 Å². The number of hydrogen-bond acceptors (Lipinski definition) is 6. The predicted molar refractivity (Wildman–Crippen MR) is 133 cm³/mol. The smallest absolute Gasteiger partial charge is 0.343 e. The van der Waals surface area contributed by atoms with Crippen molar-refractivity contribution < 1.29 is 27.8 Å². The van der Waals surface area contributed by atoms with Gasteiger partial charge in [0.2, 0.25) is 11.3 Å². The Bertz CT molecular complexity index is 952. The van der Waals surface area contributed by atoms with Crippen molar-refractivity contribution in [1.82, 2.24) is 4.90 Å². The molecule has 4 rings (SSSR count). The van der Waals surface area contributed by atoms with Crippen molar-refractivity contribution in [3.63, 3.8) is 0 Å². The van der Waals surface area contributed by atoms with Crippen LogP contribution in [0, 0.1) is 0 Å². The molecule has 4 atom stereocenters. The van der Waals surface area contributed by atoms with Crippen LogP contribution in [-0.2, 0) is 32.2 Å². The average molecular weight is 503 g/mol. The van der Waals surface area contributed by atoms with Gasteiger partial charge in [0.15, 0.2) is 0 Å². The van der Waals surface area contributed by atoms with Gasteiger partial charge in [0.1, 0.15) is 0 Å². The number of carbonyl (C=O) groups excluding carboxylic acids is 2. The molecule has 0 aliphatic heterocycles. The largest absolute Gasteiger partial charge is 0.467 e. The number of halogens is 2. The highest BCUT2D eigenvalue weighted by molar-refractivity contribution is 5.80. The molecule has 2 unspecified atom stereocenters. The number of esters is 2. The quantitative estimate of drug-likeness (QED) is 0.562. The lowest BCUT2D eigenvalue weighted by molar-refractivity contribution is -0.155. The van der Waals surface area contributed by atoms with Crippen LogP contribution in [0.3, 0.4) is 0 Å². The number of ether oxygens (including phenoxy) is 2. The van der Waals surface area contributed by atoms with Crippen molar-refractivity contribution in [2.24, 2.45) is 5.73 Å². The minimum absolute atomic E-state index is 0.0181. The maximum atomic E-state index is 14.9. The van der Waals surface area contributed by atoms with Crippen LogP contribution in [0.15, 0.2) is 60.7 Å². The number of benzene rings is 2. The van der Waals surface area contributed by atoms with Gasteiger partial charge in [-0.05, 0) is 36.8 Å². The van der Waals surface area contributed by atoms with Gasteiger partial charge in [0.25, 0.3) is 0 Å². The van der Waals surface area contributed by atoms with E-state index in [1.807, 2.05) is 36.4 Å². The summed E-state index contributed by atoms with van der Waals surface area (Å²) in [4.78, 5) is 24.9. The molecule has 0 heterocycles. The van der Waals surface area contributed by atoms with E-state index >= 15 is 0 Å². The van der Waals surface area contributed by atoms with Crippen molar-refractivity contribution in [2.75, 3.05) is 14.2 Å². The van der Waals surface area contributed by atoms with E-state index in [1.54, 1.807) is 0 Å². The van der Waals surface area contributed by atoms with Gasteiger partial charge in [-0.2, -0.15) is 0 Å². The van der Waals surface area contributed by atoms with Crippen molar-refractivity contribution in [3.8, 4) is 0 Å². The van der Waals surface area contributed by atoms with Crippen LogP contribution >= 0.6 is 0 Å². The lowest BCUT2D eigenvalue weighted by Gasteiger charge is -2.29. The first kappa shape index (κ1) is 27.7. The van der Waals surface area contributed by atoms with E-state index in [4.69, 9.17) is 5.73 Å². The van der Waals surface area contributed by atoms with Gasteiger partial charge >= 0.3 is 11.9 Å². The summed E-state index contributed by atoms with van der Waals surface area (Å²) in [5.41, 5.74) is 4.16. The second-order valence-electron chi connectivity index (χ2n) is 9.69. The molecule has 6 nitrogen and oxygen atoms in total. The summed E-state index contributed by atoms with van der Waals surface area (Å²) >= 11 is 0. The SMILES string of the molecule is COC(=O)C1(F)CC[C@H](N(Cc2ccccc2)Cc2ccccc2)C1.COC(=O)C1(F)CC[C@H](N)C1. The van der Waals surface area contributed by atoms with Gasteiger partial charge in [-0.3, -0.25) is 4.90 Å². The number of nitrogens with two attached hydrogens (primary N) is 1. The number of nitrogens with zero attached hydrogens (tertiary/aromatic N) is 1. The summed E-state index contributed by atoms with van der Waals surface area (Å²) < 4.78 is 37.3. The molecule has 2 aliphatic carbocycles. The fraction of sp³-hybridized carbons (Fsp3) is 0.500. The molecule has 0 radical (unpaired) electrons. The molecule has 0 aromatic heterocycles. The summed E-state index contributed by atoms with van der Waals surface area (Å²) in [6.07, 6.45) is 1.93. The third-order valence-electron chi connectivity index (χ3n) is 7.01. The minimum Gasteiger partial charge on any atom is -0.467 e. The van der Waals surface area contributed by atoms with Gasteiger partial charge in [0.05, 0.1) is 14.2 Å². The van der Waals surface area contributed by atoms with Gasteiger partial charge in [-0.15, -0.1) is 0 Å². The van der Waals surface area contributed by atoms with Crippen LogP contribution in [0.25, 0.3) is 0 Å². The van der Waals surface area contributed by atoms with E-state index < -0.39 is 23.3 Å². The predicted octanol–water partition coefficient (Wildman–Crippen LogP) is 4.50. The fourth-order valence-corrected chi connectivity index (χ4v) is 5.01.